The van der Waals surface area contributed by atoms with Gasteiger partial charge in [-0.15, -0.1) is 11.3 Å². The van der Waals surface area contributed by atoms with E-state index in [0.29, 0.717) is 49.8 Å². The SMILES string of the molecule is [2H]c1c([2H])c([2H])c2c(c1[2H])c1ccccc1n2-c1cc(-c2c(-c3ccc4sc5ccccc5c4c3)cccc2-n2c3ccccc3c3ccccc32)cc(-n2c3ccccc3c3c([2H])c([2H])c([2H])c([2H])c32)n1. The molecule has 0 aliphatic rings. The molecule has 14 rings (SSSR count). The molecule has 0 N–H and O–H groups in total. The second-order valence-corrected chi connectivity index (χ2v) is 17.2. The number of thiophene rings is 1. The standard InChI is InChI=1S/C59H36N4S/c1-8-24-48-40(16-1)41-17-2-9-25-49(41)61(48)54-30-15-23-39(37-32-33-56-47(34-37)46-22-7-14-31-55(46)64-56)59(54)38-35-57(62-50-26-10-3-18-42(50)43-19-4-11-27-51(43)62)60-58(36-38)63-52-28-12-5-20-44(52)45-21-6-13-29-53(45)63/h1-36H/i3D,5D,10D,12D,18D,20D,26D,28D. The Labute approximate surface area is 383 Å². The smallest absolute Gasteiger partial charge is 0.140 e. The summed E-state index contributed by atoms with van der Waals surface area (Å²) in [7, 11) is 0. The molecule has 0 amide bonds. The molecular formula is C59H36N4S. The topological polar surface area (TPSA) is 27.7 Å². The van der Waals surface area contributed by atoms with Crippen LogP contribution in [-0.4, -0.2) is 18.7 Å². The summed E-state index contributed by atoms with van der Waals surface area (Å²) in [6.07, 6.45) is 0. The highest BCUT2D eigenvalue weighted by atomic mass is 32.1. The largest absolute Gasteiger partial charge is 0.309 e. The molecule has 5 aromatic heterocycles. The molecule has 0 bridgehead atoms. The van der Waals surface area contributed by atoms with Crippen molar-refractivity contribution in [2.75, 3.05) is 0 Å². The Hall–Kier alpha value is -8.25. The molecule has 0 saturated carbocycles. The van der Waals surface area contributed by atoms with E-state index in [-0.39, 0.29) is 59.4 Å². The van der Waals surface area contributed by atoms with Crippen molar-refractivity contribution in [3.05, 3.63) is 218 Å². The molecule has 0 atom stereocenters. The van der Waals surface area contributed by atoms with Gasteiger partial charge in [0.2, 0.25) is 0 Å². The van der Waals surface area contributed by atoms with Crippen LogP contribution in [0.5, 0.6) is 0 Å². The number of para-hydroxylation sites is 6. The lowest BCUT2D eigenvalue weighted by Crippen LogP contribution is -2.06. The third-order valence-electron chi connectivity index (χ3n) is 12.7. The molecule has 5 heterocycles. The van der Waals surface area contributed by atoms with Crippen LogP contribution < -0.4 is 0 Å². The predicted molar refractivity (Wildman–Crippen MR) is 271 cm³/mol. The summed E-state index contributed by atoms with van der Waals surface area (Å²) in [5, 5.41) is 6.45. The Morgan fingerprint density at radius 1 is 0.359 bits per heavy atom. The molecule has 4 nitrogen and oxygen atoms in total. The lowest BCUT2D eigenvalue weighted by atomic mass is 9.92. The van der Waals surface area contributed by atoms with Crippen LogP contribution in [0.2, 0.25) is 0 Å². The zero-order valence-corrected chi connectivity index (χ0v) is 34.7. The van der Waals surface area contributed by atoms with E-state index in [9.17, 15) is 5.48 Å². The molecule has 0 fully saturated rings. The van der Waals surface area contributed by atoms with Gasteiger partial charge in [-0.1, -0.05) is 145 Å². The second-order valence-electron chi connectivity index (χ2n) is 16.1. The molecule has 0 unspecified atom stereocenters. The minimum absolute atomic E-state index is 0.161. The van der Waals surface area contributed by atoms with Gasteiger partial charge in [-0.25, -0.2) is 4.98 Å². The molecule has 0 aliphatic heterocycles. The Kier molecular flexibility index (Phi) is 6.04. The fourth-order valence-electron chi connectivity index (χ4n) is 10.0. The number of fused-ring (bicyclic) bond motifs is 12. The van der Waals surface area contributed by atoms with Gasteiger partial charge in [-0.05, 0) is 89.4 Å². The monoisotopic (exact) mass is 840 g/mol. The lowest BCUT2D eigenvalue weighted by Gasteiger charge is -2.21. The average Bonchev–Trinajstić information content (AvgIpc) is 4.17. The van der Waals surface area contributed by atoms with E-state index < -0.39 is 0 Å². The van der Waals surface area contributed by atoms with Crippen LogP contribution in [0.4, 0.5) is 0 Å². The fourth-order valence-corrected chi connectivity index (χ4v) is 11.1. The number of nitrogens with zero attached hydrogens (tertiary/aromatic N) is 4. The van der Waals surface area contributed by atoms with Crippen molar-refractivity contribution < 1.29 is 11.0 Å². The van der Waals surface area contributed by atoms with Crippen molar-refractivity contribution in [1.29, 1.82) is 0 Å². The quantitative estimate of drug-likeness (QED) is 0.170. The van der Waals surface area contributed by atoms with Crippen molar-refractivity contribution >= 4 is 96.9 Å². The molecule has 0 radical (unpaired) electrons. The number of hydrogen-bond acceptors (Lipinski definition) is 2. The Balaban J connectivity index is 1.19. The predicted octanol–water partition coefficient (Wildman–Crippen LogP) is 16.1. The number of aromatic nitrogens is 4. The maximum atomic E-state index is 9.48. The highest BCUT2D eigenvalue weighted by Crippen LogP contribution is 2.45. The molecule has 5 heteroatoms. The first-order valence-electron chi connectivity index (χ1n) is 25.1. The van der Waals surface area contributed by atoms with Gasteiger partial charge in [-0.2, -0.15) is 0 Å². The van der Waals surface area contributed by atoms with E-state index in [0.717, 1.165) is 49.6 Å². The van der Waals surface area contributed by atoms with Crippen LogP contribution in [0.3, 0.4) is 0 Å². The first-order chi connectivity index (χ1) is 35.1. The summed E-state index contributed by atoms with van der Waals surface area (Å²) in [5.74, 6) is 0.681. The third kappa shape index (κ3) is 5.07. The summed E-state index contributed by atoms with van der Waals surface area (Å²) >= 11 is 1.76. The van der Waals surface area contributed by atoms with Crippen LogP contribution in [0, 0.1) is 0 Å². The van der Waals surface area contributed by atoms with Crippen LogP contribution in [0.15, 0.2) is 218 Å². The number of rotatable bonds is 5. The van der Waals surface area contributed by atoms with E-state index in [4.69, 9.17) is 10.5 Å². The Morgan fingerprint density at radius 2 is 0.844 bits per heavy atom. The highest BCUT2D eigenvalue weighted by Gasteiger charge is 2.23. The van der Waals surface area contributed by atoms with E-state index in [1.807, 2.05) is 81.9 Å². The summed E-state index contributed by atoms with van der Waals surface area (Å²) in [6.45, 7) is 0. The third-order valence-corrected chi connectivity index (χ3v) is 13.9. The van der Waals surface area contributed by atoms with E-state index in [1.165, 1.54) is 14.8 Å². The van der Waals surface area contributed by atoms with Gasteiger partial charge >= 0.3 is 0 Å². The van der Waals surface area contributed by atoms with Gasteiger partial charge in [0, 0.05) is 58.1 Å². The molecule has 9 aromatic carbocycles. The summed E-state index contributed by atoms with van der Waals surface area (Å²) in [6, 6.07) is 54.9. The molecule has 0 spiro atoms. The van der Waals surface area contributed by atoms with Gasteiger partial charge in [0.15, 0.2) is 0 Å². The molecule has 14 aromatic rings. The highest BCUT2D eigenvalue weighted by molar-refractivity contribution is 7.25. The number of benzene rings is 9. The fraction of sp³-hybridized carbons (Fsp3) is 0. The van der Waals surface area contributed by atoms with Gasteiger partial charge in [0.25, 0.3) is 0 Å². The zero-order valence-electron chi connectivity index (χ0n) is 41.9. The van der Waals surface area contributed by atoms with E-state index in [1.54, 1.807) is 11.3 Å². The zero-order chi connectivity index (χ0) is 48.8. The van der Waals surface area contributed by atoms with Crippen molar-refractivity contribution in [3.8, 4) is 39.6 Å². The minimum Gasteiger partial charge on any atom is -0.309 e. The normalized spacial score (nSPS) is 13.8. The van der Waals surface area contributed by atoms with Crippen LogP contribution in [-0.2, 0) is 0 Å². The van der Waals surface area contributed by atoms with Crippen LogP contribution in [0.25, 0.3) is 125 Å². The first kappa shape index (κ1) is 28.4. The number of pyridine rings is 1. The summed E-state index contributed by atoms with van der Waals surface area (Å²) in [4.78, 5) is 5.47. The maximum Gasteiger partial charge on any atom is 0.140 e. The Morgan fingerprint density at radius 3 is 1.44 bits per heavy atom. The molecule has 0 saturated heterocycles. The van der Waals surface area contributed by atoms with Gasteiger partial charge in [-0.3, -0.25) is 9.13 Å². The van der Waals surface area contributed by atoms with E-state index in [2.05, 4.69) is 102 Å². The Bertz CT molecular complexity index is 4490. The minimum atomic E-state index is -0.373. The lowest BCUT2D eigenvalue weighted by molar-refractivity contribution is 1.01. The van der Waals surface area contributed by atoms with Crippen LogP contribution >= 0.6 is 11.3 Å². The maximum absolute atomic E-state index is 9.48. The van der Waals surface area contributed by atoms with Crippen molar-refractivity contribution in [2.45, 2.75) is 0 Å². The molecular weight excluding hydrogens is 797 g/mol. The van der Waals surface area contributed by atoms with Gasteiger partial charge in [0.1, 0.15) is 11.6 Å². The van der Waals surface area contributed by atoms with Crippen LogP contribution in [0.1, 0.15) is 11.0 Å². The summed E-state index contributed by atoms with van der Waals surface area (Å²) < 4.78 is 81.1. The molecule has 0 aliphatic carbocycles. The number of hydrogen-bond donors (Lipinski definition) is 0. The van der Waals surface area contributed by atoms with E-state index >= 15 is 0 Å². The van der Waals surface area contributed by atoms with Gasteiger partial charge < -0.3 is 4.57 Å². The van der Waals surface area contributed by atoms with Crippen molar-refractivity contribution in [3.63, 3.8) is 0 Å². The van der Waals surface area contributed by atoms with Crippen molar-refractivity contribution in [1.82, 2.24) is 18.7 Å². The molecule has 298 valence electrons. The second kappa shape index (κ2) is 13.6. The van der Waals surface area contributed by atoms with Crippen molar-refractivity contribution in [2.24, 2.45) is 0 Å². The van der Waals surface area contributed by atoms with Gasteiger partial charge in [0.05, 0.1) is 49.8 Å². The average molecular weight is 841 g/mol. The first-order valence-corrected chi connectivity index (χ1v) is 22.0. The summed E-state index contributed by atoms with van der Waals surface area (Å²) in [5.41, 5.74) is 8.06. The molecule has 64 heavy (non-hydrogen) atoms.